The maximum atomic E-state index is 9.94. The molecule has 0 saturated carbocycles. The number of hydrogen-bond acceptors (Lipinski definition) is 4. The van der Waals surface area contributed by atoms with Crippen LogP contribution in [0.15, 0.2) is 18.5 Å². The molecule has 1 aliphatic heterocycles. The molecule has 0 aromatic carbocycles. The van der Waals surface area contributed by atoms with Gasteiger partial charge in [0.15, 0.2) is 5.82 Å². The van der Waals surface area contributed by atoms with Crippen molar-refractivity contribution in [1.82, 2.24) is 9.97 Å². The number of ether oxygens (including phenoxy) is 1. The first-order valence-corrected chi connectivity index (χ1v) is 4.90. The number of aliphatic hydroxyl groups is 1. The summed E-state index contributed by atoms with van der Waals surface area (Å²) in [5.74, 6) is 0.647. The molecule has 0 aliphatic carbocycles. The smallest absolute Gasteiger partial charge is 0.157 e. The van der Waals surface area contributed by atoms with E-state index in [1.165, 1.54) is 0 Å². The lowest BCUT2D eigenvalue weighted by molar-refractivity contribution is -0.0133. The molecule has 2 unspecified atom stereocenters. The molecule has 76 valence electrons. The van der Waals surface area contributed by atoms with Crippen LogP contribution in [0.5, 0.6) is 0 Å². The Bertz CT molecular complexity index is 273. The highest BCUT2D eigenvalue weighted by atomic mass is 16.5. The molecule has 1 fully saturated rings. The fourth-order valence-electron chi connectivity index (χ4n) is 1.69. The van der Waals surface area contributed by atoms with Crippen LogP contribution in [0.25, 0.3) is 0 Å². The molecule has 1 saturated heterocycles. The Morgan fingerprint density at radius 2 is 2.21 bits per heavy atom. The maximum absolute atomic E-state index is 9.94. The maximum Gasteiger partial charge on any atom is 0.157 e. The number of nitrogens with zero attached hydrogens (tertiary/aromatic N) is 2. The van der Waals surface area contributed by atoms with Gasteiger partial charge in [0.25, 0.3) is 0 Å². The number of rotatable bonds is 2. The Kier molecular flexibility index (Phi) is 3.06. The van der Waals surface area contributed by atoms with Gasteiger partial charge in [0.05, 0.1) is 6.61 Å². The van der Waals surface area contributed by atoms with Gasteiger partial charge in [0.1, 0.15) is 6.10 Å². The lowest BCUT2D eigenvalue weighted by atomic mass is 9.95. The van der Waals surface area contributed by atoms with E-state index in [4.69, 9.17) is 4.74 Å². The van der Waals surface area contributed by atoms with Gasteiger partial charge < -0.3 is 9.84 Å². The highest BCUT2D eigenvalue weighted by Crippen LogP contribution is 2.25. The molecule has 0 bridgehead atoms. The standard InChI is InChI=1S/C10H14N2O2/c13-9(8-3-1-6-14-7-8)10-11-4-2-5-12-10/h2,4-5,8-9,13H,1,3,6-7H2. The van der Waals surface area contributed by atoms with E-state index in [1.54, 1.807) is 18.5 Å². The summed E-state index contributed by atoms with van der Waals surface area (Å²) in [6.45, 7) is 1.41. The Balaban J connectivity index is 2.03. The van der Waals surface area contributed by atoms with E-state index >= 15 is 0 Å². The van der Waals surface area contributed by atoms with Crippen LogP contribution >= 0.6 is 0 Å². The molecule has 1 aromatic heterocycles. The monoisotopic (exact) mass is 194 g/mol. The second-order valence-electron chi connectivity index (χ2n) is 3.53. The minimum Gasteiger partial charge on any atom is -0.385 e. The highest BCUT2D eigenvalue weighted by Gasteiger charge is 2.25. The number of aromatic nitrogens is 2. The van der Waals surface area contributed by atoms with Crippen molar-refractivity contribution in [2.24, 2.45) is 5.92 Å². The molecule has 2 atom stereocenters. The minimum atomic E-state index is -0.587. The molecule has 0 spiro atoms. The van der Waals surface area contributed by atoms with Crippen molar-refractivity contribution < 1.29 is 9.84 Å². The summed E-state index contributed by atoms with van der Waals surface area (Å²) in [6, 6.07) is 1.74. The SMILES string of the molecule is OC(c1ncccn1)C1CCCOC1. The zero-order valence-electron chi connectivity index (χ0n) is 7.97. The van der Waals surface area contributed by atoms with Gasteiger partial charge in [0.2, 0.25) is 0 Å². The molecule has 0 amide bonds. The van der Waals surface area contributed by atoms with E-state index in [-0.39, 0.29) is 5.92 Å². The van der Waals surface area contributed by atoms with Crippen molar-refractivity contribution in [2.75, 3.05) is 13.2 Å². The first-order chi connectivity index (χ1) is 6.88. The van der Waals surface area contributed by atoms with Crippen molar-refractivity contribution in [3.63, 3.8) is 0 Å². The lowest BCUT2D eigenvalue weighted by Crippen LogP contribution is -2.24. The lowest BCUT2D eigenvalue weighted by Gasteiger charge is -2.25. The first-order valence-electron chi connectivity index (χ1n) is 4.90. The van der Waals surface area contributed by atoms with Gasteiger partial charge in [-0.15, -0.1) is 0 Å². The molecule has 4 heteroatoms. The van der Waals surface area contributed by atoms with Crippen LogP contribution in [0.1, 0.15) is 24.8 Å². The summed E-state index contributed by atoms with van der Waals surface area (Å²) >= 11 is 0. The molecule has 0 radical (unpaired) electrons. The second kappa shape index (κ2) is 4.48. The Labute approximate surface area is 83.0 Å². The summed E-state index contributed by atoms with van der Waals surface area (Å²) in [4.78, 5) is 8.07. The molecule has 4 nitrogen and oxygen atoms in total. The van der Waals surface area contributed by atoms with E-state index < -0.39 is 6.10 Å². The summed E-state index contributed by atoms with van der Waals surface area (Å²) in [5, 5.41) is 9.94. The molecule has 14 heavy (non-hydrogen) atoms. The van der Waals surface area contributed by atoms with Crippen LogP contribution in [-0.4, -0.2) is 28.3 Å². The van der Waals surface area contributed by atoms with Crippen molar-refractivity contribution in [1.29, 1.82) is 0 Å². The Hall–Kier alpha value is -1.00. The molecular formula is C10H14N2O2. The third-order valence-electron chi connectivity index (χ3n) is 2.49. The van der Waals surface area contributed by atoms with E-state index in [2.05, 4.69) is 9.97 Å². The fraction of sp³-hybridized carbons (Fsp3) is 0.600. The van der Waals surface area contributed by atoms with Gasteiger partial charge in [-0.3, -0.25) is 0 Å². The zero-order valence-corrected chi connectivity index (χ0v) is 7.97. The predicted octanol–water partition coefficient (Wildman–Crippen LogP) is 0.937. The van der Waals surface area contributed by atoms with Gasteiger partial charge in [0, 0.05) is 24.9 Å². The van der Waals surface area contributed by atoms with Crippen LogP contribution in [0, 0.1) is 5.92 Å². The quantitative estimate of drug-likeness (QED) is 0.761. The minimum absolute atomic E-state index is 0.145. The Morgan fingerprint density at radius 1 is 1.43 bits per heavy atom. The van der Waals surface area contributed by atoms with Gasteiger partial charge in [-0.2, -0.15) is 0 Å². The summed E-state index contributed by atoms with van der Waals surface area (Å²) < 4.78 is 5.31. The van der Waals surface area contributed by atoms with E-state index in [9.17, 15) is 5.11 Å². The van der Waals surface area contributed by atoms with E-state index in [1.807, 2.05) is 0 Å². The van der Waals surface area contributed by atoms with E-state index in [0.29, 0.717) is 12.4 Å². The second-order valence-corrected chi connectivity index (χ2v) is 3.53. The van der Waals surface area contributed by atoms with Crippen LogP contribution in [0.4, 0.5) is 0 Å². The Morgan fingerprint density at radius 3 is 2.86 bits per heavy atom. The average Bonchev–Trinajstić information content (AvgIpc) is 2.30. The van der Waals surface area contributed by atoms with Crippen LogP contribution in [0.3, 0.4) is 0 Å². The van der Waals surface area contributed by atoms with Crippen molar-refractivity contribution in [3.05, 3.63) is 24.3 Å². The summed E-state index contributed by atoms with van der Waals surface area (Å²) in [6.07, 6.45) is 4.70. The van der Waals surface area contributed by atoms with Crippen molar-refractivity contribution in [3.8, 4) is 0 Å². The summed E-state index contributed by atoms with van der Waals surface area (Å²) in [7, 11) is 0. The predicted molar refractivity (Wildman–Crippen MR) is 50.5 cm³/mol. The van der Waals surface area contributed by atoms with Gasteiger partial charge in [-0.1, -0.05) is 0 Å². The molecular weight excluding hydrogens is 180 g/mol. The van der Waals surface area contributed by atoms with E-state index in [0.717, 1.165) is 19.4 Å². The molecule has 2 rings (SSSR count). The topological polar surface area (TPSA) is 55.2 Å². The van der Waals surface area contributed by atoms with Crippen LogP contribution in [-0.2, 0) is 4.74 Å². The fourth-order valence-corrected chi connectivity index (χ4v) is 1.69. The van der Waals surface area contributed by atoms with Gasteiger partial charge >= 0.3 is 0 Å². The third-order valence-corrected chi connectivity index (χ3v) is 2.49. The average molecular weight is 194 g/mol. The highest BCUT2D eigenvalue weighted by molar-refractivity contribution is 4.95. The van der Waals surface area contributed by atoms with Gasteiger partial charge in [-0.25, -0.2) is 9.97 Å². The van der Waals surface area contributed by atoms with Crippen LogP contribution < -0.4 is 0 Å². The number of aliphatic hydroxyl groups excluding tert-OH is 1. The van der Waals surface area contributed by atoms with Crippen molar-refractivity contribution in [2.45, 2.75) is 18.9 Å². The zero-order chi connectivity index (χ0) is 9.80. The first kappa shape index (κ1) is 9.55. The summed E-state index contributed by atoms with van der Waals surface area (Å²) in [5.41, 5.74) is 0. The van der Waals surface area contributed by atoms with Gasteiger partial charge in [-0.05, 0) is 18.9 Å². The molecule has 1 aromatic rings. The third kappa shape index (κ3) is 2.08. The number of hydrogen-bond donors (Lipinski definition) is 1. The largest absolute Gasteiger partial charge is 0.385 e. The molecule has 1 N–H and O–H groups in total. The normalized spacial score (nSPS) is 24.5. The van der Waals surface area contributed by atoms with Crippen molar-refractivity contribution >= 4 is 0 Å². The van der Waals surface area contributed by atoms with Crippen LogP contribution in [0.2, 0.25) is 0 Å². The molecule has 1 aliphatic rings. The molecule has 2 heterocycles.